The van der Waals surface area contributed by atoms with Crippen molar-refractivity contribution in [3.8, 4) is 0 Å². The predicted octanol–water partition coefficient (Wildman–Crippen LogP) is 3.91. The molecule has 0 saturated heterocycles. The summed E-state index contributed by atoms with van der Waals surface area (Å²) in [5, 5.41) is 3.59. The van der Waals surface area contributed by atoms with Crippen LogP contribution in [0.25, 0.3) is 11.1 Å². The van der Waals surface area contributed by atoms with E-state index in [1.54, 1.807) is 16.7 Å². The van der Waals surface area contributed by atoms with E-state index < -0.39 is 5.76 Å². The maximum absolute atomic E-state index is 12.1. The first-order valence-corrected chi connectivity index (χ1v) is 8.55. The molecule has 0 spiro atoms. The minimum atomic E-state index is -0.395. The molecule has 3 aromatic rings. The Morgan fingerprint density at radius 3 is 2.84 bits per heavy atom. The SMILES string of the molecule is C[C@H](NC(=O)CCCn1c(=O)oc2ccccc21)c1cccc(Cl)c1. The molecular formula is C19H19ClN2O3. The summed E-state index contributed by atoms with van der Waals surface area (Å²) >= 11 is 5.97. The van der Waals surface area contributed by atoms with E-state index in [4.69, 9.17) is 16.0 Å². The van der Waals surface area contributed by atoms with Crippen molar-refractivity contribution in [2.24, 2.45) is 0 Å². The largest absolute Gasteiger partial charge is 0.419 e. The molecular weight excluding hydrogens is 340 g/mol. The number of carbonyl (C=O) groups excluding carboxylic acids is 1. The summed E-state index contributed by atoms with van der Waals surface area (Å²) in [6.45, 7) is 2.35. The highest BCUT2D eigenvalue weighted by Crippen LogP contribution is 2.17. The van der Waals surface area contributed by atoms with Crippen molar-refractivity contribution >= 4 is 28.6 Å². The van der Waals surface area contributed by atoms with E-state index in [-0.39, 0.29) is 11.9 Å². The molecule has 3 rings (SSSR count). The number of oxazole rings is 1. The molecule has 0 bridgehead atoms. The van der Waals surface area contributed by atoms with Crippen LogP contribution in [0.4, 0.5) is 0 Å². The van der Waals surface area contributed by atoms with Gasteiger partial charge in [-0.25, -0.2) is 4.79 Å². The van der Waals surface area contributed by atoms with Crippen molar-refractivity contribution in [1.29, 1.82) is 0 Å². The topological polar surface area (TPSA) is 64.2 Å². The Labute approximate surface area is 150 Å². The molecule has 130 valence electrons. The van der Waals surface area contributed by atoms with Crippen LogP contribution >= 0.6 is 11.6 Å². The number of carbonyl (C=O) groups is 1. The van der Waals surface area contributed by atoms with E-state index in [9.17, 15) is 9.59 Å². The second kappa shape index (κ2) is 7.57. The quantitative estimate of drug-likeness (QED) is 0.726. The van der Waals surface area contributed by atoms with E-state index in [2.05, 4.69) is 5.32 Å². The van der Waals surface area contributed by atoms with Crippen LogP contribution in [0, 0.1) is 0 Å². The van der Waals surface area contributed by atoms with Gasteiger partial charge in [-0.15, -0.1) is 0 Å². The second-order valence-corrected chi connectivity index (χ2v) is 6.37. The van der Waals surface area contributed by atoms with Crippen LogP contribution in [-0.2, 0) is 11.3 Å². The van der Waals surface area contributed by atoms with Gasteiger partial charge in [-0.05, 0) is 43.2 Å². The van der Waals surface area contributed by atoms with Crippen molar-refractivity contribution in [2.45, 2.75) is 32.4 Å². The fourth-order valence-corrected chi connectivity index (χ4v) is 3.00. The summed E-state index contributed by atoms with van der Waals surface area (Å²) in [5.74, 6) is -0.456. The third-order valence-electron chi connectivity index (χ3n) is 4.09. The summed E-state index contributed by atoms with van der Waals surface area (Å²) < 4.78 is 6.74. The number of nitrogens with zero attached hydrogens (tertiary/aromatic N) is 1. The molecule has 1 amide bonds. The molecule has 0 fully saturated rings. The van der Waals surface area contributed by atoms with Crippen molar-refractivity contribution in [2.75, 3.05) is 0 Å². The van der Waals surface area contributed by atoms with Crippen LogP contribution in [0.3, 0.4) is 0 Å². The fraction of sp³-hybridized carbons (Fsp3) is 0.263. The highest BCUT2D eigenvalue weighted by atomic mass is 35.5. The van der Waals surface area contributed by atoms with Gasteiger partial charge in [-0.2, -0.15) is 0 Å². The van der Waals surface area contributed by atoms with E-state index in [1.807, 2.05) is 43.3 Å². The third-order valence-corrected chi connectivity index (χ3v) is 4.32. The Bertz CT molecular complexity index is 945. The van der Waals surface area contributed by atoms with Gasteiger partial charge in [0.25, 0.3) is 0 Å². The van der Waals surface area contributed by atoms with E-state index >= 15 is 0 Å². The van der Waals surface area contributed by atoms with E-state index in [0.717, 1.165) is 11.1 Å². The summed E-state index contributed by atoms with van der Waals surface area (Å²) in [6.07, 6.45) is 0.883. The Hall–Kier alpha value is -2.53. The van der Waals surface area contributed by atoms with Gasteiger partial charge in [0.05, 0.1) is 11.6 Å². The fourth-order valence-electron chi connectivity index (χ4n) is 2.80. The molecule has 0 aliphatic carbocycles. The minimum absolute atomic E-state index is 0.0617. The first-order chi connectivity index (χ1) is 12.0. The zero-order chi connectivity index (χ0) is 17.8. The number of amides is 1. The lowest BCUT2D eigenvalue weighted by molar-refractivity contribution is -0.121. The number of nitrogens with one attached hydrogen (secondary N) is 1. The lowest BCUT2D eigenvalue weighted by Gasteiger charge is -2.14. The summed E-state index contributed by atoms with van der Waals surface area (Å²) in [5.41, 5.74) is 2.27. The number of halogens is 1. The summed E-state index contributed by atoms with van der Waals surface area (Å²) in [7, 11) is 0. The van der Waals surface area contributed by atoms with E-state index in [1.165, 1.54) is 0 Å². The molecule has 0 saturated carbocycles. The summed E-state index contributed by atoms with van der Waals surface area (Å²) in [6, 6.07) is 14.6. The van der Waals surface area contributed by atoms with Crippen LogP contribution in [0.15, 0.2) is 57.7 Å². The standard InChI is InChI=1S/C19H19ClN2O3/c1-13(14-6-4-7-15(20)12-14)21-18(23)10-5-11-22-16-8-2-3-9-17(16)25-19(22)24/h2-4,6-9,12-13H,5,10-11H2,1H3,(H,21,23)/t13-/m0/s1. The highest BCUT2D eigenvalue weighted by molar-refractivity contribution is 6.30. The molecule has 2 aromatic carbocycles. The number of fused-ring (bicyclic) bond motifs is 1. The zero-order valence-electron chi connectivity index (χ0n) is 13.9. The maximum atomic E-state index is 12.1. The van der Waals surface area contributed by atoms with Crippen LogP contribution < -0.4 is 11.1 Å². The first kappa shape index (κ1) is 17.3. The average molecular weight is 359 g/mol. The number of aryl methyl sites for hydroxylation is 1. The van der Waals surface area contributed by atoms with Gasteiger partial charge >= 0.3 is 5.76 Å². The van der Waals surface area contributed by atoms with Crippen LogP contribution in [0.2, 0.25) is 5.02 Å². The number of benzene rings is 2. The number of hydrogen-bond donors (Lipinski definition) is 1. The molecule has 6 heteroatoms. The smallest absolute Gasteiger partial charge is 0.408 e. The number of aromatic nitrogens is 1. The van der Waals surface area contributed by atoms with E-state index in [0.29, 0.717) is 30.0 Å². The Balaban J connectivity index is 1.56. The first-order valence-electron chi connectivity index (χ1n) is 8.18. The highest BCUT2D eigenvalue weighted by Gasteiger charge is 2.12. The van der Waals surface area contributed by atoms with Crippen LogP contribution in [0.1, 0.15) is 31.4 Å². The normalized spacial score (nSPS) is 12.2. The second-order valence-electron chi connectivity index (χ2n) is 5.94. The van der Waals surface area contributed by atoms with Crippen molar-refractivity contribution in [3.05, 3.63) is 69.7 Å². The van der Waals surface area contributed by atoms with Crippen LogP contribution in [0.5, 0.6) is 0 Å². The number of para-hydroxylation sites is 2. The van der Waals surface area contributed by atoms with Crippen LogP contribution in [-0.4, -0.2) is 10.5 Å². The van der Waals surface area contributed by atoms with Crippen molar-refractivity contribution in [3.63, 3.8) is 0 Å². The molecule has 5 nitrogen and oxygen atoms in total. The summed E-state index contributed by atoms with van der Waals surface area (Å²) in [4.78, 5) is 24.0. The Morgan fingerprint density at radius 2 is 2.04 bits per heavy atom. The van der Waals surface area contributed by atoms with Gasteiger partial charge < -0.3 is 9.73 Å². The molecule has 1 atom stereocenters. The zero-order valence-corrected chi connectivity index (χ0v) is 14.6. The lowest BCUT2D eigenvalue weighted by Crippen LogP contribution is -2.27. The predicted molar refractivity (Wildman–Crippen MR) is 97.7 cm³/mol. The van der Waals surface area contributed by atoms with Gasteiger partial charge in [0, 0.05) is 18.0 Å². The van der Waals surface area contributed by atoms with Gasteiger partial charge in [-0.1, -0.05) is 35.9 Å². The van der Waals surface area contributed by atoms with Gasteiger partial charge in [0.1, 0.15) is 0 Å². The minimum Gasteiger partial charge on any atom is -0.408 e. The van der Waals surface area contributed by atoms with Gasteiger partial charge in [0.15, 0.2) is 5.58 Å². The molecule has 25 heavy (non-hydrogen) atoms. The molecule has 1 aromatic heterocycles. The van der Waals surface area contributed by atoms with Crippen molar-refractivity contribution in [1.82, 2.24) is 9.88 Å². The third kappa shape index (κ3) is 4.12. The van der Waals surface area contributed by atoms with Crippen molar-refractivity contribution < 1.29 is 9.21 Å². The molecule has 1 heterocycles. The molecule has 0 aliphatic heterocycles. The molecule has 0 radical (unpaired) electrons. The molecule has 0 unspecified atom stereocenters. The van der Waals surface area contributed by atoms with Gasteiger partial charge in [0.2, 0.25) is 5.91 Å². The monoisotopic (exact) mass is 358 g/mol. The average Bonchev–Trinajstić information content (AvgIpc) is 2.90. The number of rotatable bonds is 6. The van der Waals surface area contributed by atoms with Gasteiger partial charge in [-0.3, -0.25) is 9.36 Å². The Kier molecular flexibility index (Phi) is 5.24. The lowest BCUT2D eigenvalue weighted by atomic mass is 10.1. The Morgan fingerprint density at radius 1 is 1.24 bits per heavy atom. The maximum Gasteiger partial charge on any atom is 0.419 e. The number of hydrogen-bond acceptors (Lipinski definition) is 3. The molecule has 0 aliphatic rings. The molecule has 1 N–H and O–H groups in total.